The summed E-state index contributed by atoms with van der Waals surface area (Å²) in [5.41, 5.74) is 0. The van der Waals surface area contributed by atoms with Crippen LogP contribution in [0.1, 0.15) is 33.1 Å². The maximum Gasteiger partial charge on any atom is 0.107 e. The highest BCUT2D eigenvalue weighted by atomic mass is 35.5. The molecule has 64 valence electrons. The summed E-state index contributed by atoms with van der Waals surface area (Å²) in [6, 6.07) is 0. The molecule has 0 unspecified atom stereocenters. The van der Waals surface area contributed by atoms with E-state index >= 15 is 0 Å². The highest BCUT2D eigenvalue weighted by Crippen LogP contribution is 2.10. The highest BCUT2D eigenvalue weighted by Gasteiger charge is 1.93. The van der Waals surface area contributed by atoms with Crippen molar-refractivity contribution in [2.24, 2.45) is 0 Å². The van der Waals surface area contributed by atoms with E-state index in [2.05, 4.69) is 6.92 Å². The molecule has 0 radical (unpaired) electrons. The number of hydrogen-bond acceptors (Lipinski definition) is 0. The molecule has 0 aromatic heterocycles. The molecule has 0 aliphatic heterocycles. The van der Waals surface area contributed by atoms with Crippen LogP contribution in [0.15, 0.2) is 0 Å². The second kappa shape index (κ2) is 12.2. The maximum absolute atomic E-state index is 10.3. The Kier molecular flexibility index (Phi) is 16.0. The first kappa shape index (κ1) is 13.1. The Morgan fingerprint density at radius 1 is 1.30 bits per heavy atom. The molecule has 10 heavy (non-hydrogen) atoms. The van der Waals surface area contributed by atoms with Crippen molar-refractivity contribution in [1.82, 2.24) is 0 Å². The van der Waals surface area contributed by atoms with Crippen LogP contribution < -0.4 is 0 Å². The number of halogens is 3. The monoisotopic (exact) mass is 188 g/mol. The Bertz CT molecular complexity index is 48.9. The molecule has 0 nitrogen and oxygen atoms in total. The van der Waals surface area contributed by atoms with Crippen LogP contribution in [0.3, 0.4) is 0 Å². The van der Waals surface area contributed by atoms with Crippen LogP contribution in [0, 0.1) is 0 Å². The summed E-state index contributed by atoms with van der Waals surface area (Å²) < 4.78 is 10.3. The molecule has 0 amide bonds. The lowest BCUT2D eigenvalue weighted by Gasteiger charge is -1.94. The first-order valence-corrected chi connectivity index (χ1v) is 4.40. The van der Waals surface area contributed by atoms with Crippen LogP contribution in [-0.2, 0) is 0 Å². The smallest absolute Gasteiger partial charge is 0.107 e. The molecule has 0 rings (SSSR count). The molecule has 0 fully saturated rings. The molecule has 3 heteroatoms. The van der Waals surface area contributed by atoms with Gasteiger partial charge >= 0.3 is 0 Å². The van der Waals surface area contributed by atoms with Crippen molar-refractivity contribution in [1.29, 1.82) is 0 Å². The lowest BCUT2D eigenvalue weighted by molar-refractivity contribution is 0.527. The molecule has 0 N–H and O–H groups in total. The average Bonchev–Trinajstić information content (AvgIpc) is 1.85. The Hall–Kier alpha value is 0.510. The third-order valence-electron chi connectivity index (χ3n) is 0.776. The van der Waals surface area contributed by atoms with Crippen molar-refractivity contribution in [3.05, 3.63) is 0 Å². The summed E-state index contributed by atoms with van der Waals surface area (Å²) in [7, 11) is 0. The molecule has 0 spiro atoms. The second-order valence-electron chi connectivity index (χ2n) is 1.80. The van der Waals surface area contributed by atoms with Gasteiger partial charge in [-0.3, -0.25) is 4.39 Å². The number of alkyl halides is 3. The van der Waals surface area contributed by atoms with Crippen LogP contribution in [0.5, 0.6) is 0 Å². The molecular weight excluding hydrogens is 174 g/mol. The minimum absolute atomic E-state index is 0.153. The molecule has 0 bridgehead atoms. The first-order valence-electron chi connectivity index (χ1n) is 3.53. The zero-order valence-corrected chi connectivity index (χ0v) is 8.05. The Morgan fingerprint density at radius 3 is 1.80 bits per heavy atom. The molecule has 0 atom stereocenters. The summed E-state index contributed by atoms with van der Waals surface area (Å²) in [5, 5.41) is 0. The molecule has 0 aliphatic carbocycles. The van der Waals surface area contributed by atoms with Crippen molar-refractivity contribution in [3.63, 3.8) is 0 Å². The van der Waals surface area contributed by atoms with Crippen molar-refractivity contribution in [2.45, 2.75) is 37.9 Å². The lowest BCUT2D eigenvalue weighted by atomic mass is 10.3. The van der Waals surface area contributed by atoms with Crippen LogP contribution >= 0.6 is 23.2 Å². The molecule has 0 heterocycles. The summed E-state index contributed by atoms with van der Waals surface area (Å²) >= 11 is 10.8. The Morgan fingerprint density at radius 2 is 1.70 bits per heavy atom. The fourth-order valence-electron chi connectivity index (χ4n) is 0.358. The zero-order chi connectivity index (χ0) is 8.41. The van der Waals surface area contributed by atoms with Crippen molar-refractivity contribution < 1.29 is 4.39 Å². The molecule has 0 aromatic carbocycles. The van der Waals surface area contributed by atoms with Gasteiger partial charge in [-0.05, 0) is 13.3 Å². The van der Waals surface area contributed by atoms with E-state index in [-0.39, 0.29) is 11.5 Å². The van der Waals surface area contributed by atoms with Crippen molar-refractivity contribution >= 4 is 23.2 Å². The minimum Gasteiger partial charge on any atom is -0.251 e. The van der Waals surface area contributed by atoms with Gasteiger partial charge in [0.15, 0.2) is 0 Å². The molecule has 0 saturated heterocycles. The fourth-order valence-corrected chi connectivity index (χ4v) is 0.667. The SMILES string of the molecule is CCCCC(Cl)Cl.CCF. The fraction of sp³-hybridized carbons (Fsp3) is 1.00. The van der Waals surface area contributed by atoms with E-state index in [0.717, 1.165) is 12.8 Å². The molecule has 0 aromatic rings. The van der Waals surface area contributed by atoms with Gasteiger partial charge in [0.1, 0.15) is 4.84 Å². The van der Waals surface area contributed by atoms with Crippen LogP contribution in [-0.4, -0.2) is 11.5 Å². The normalized spacial score (nSPS) is 9.00. The predicted molar refractivity (Wildman–Crippen MR) is 46.7 cm³/mol. The standard InChI is InChI=1S/C5H10Cl2.C2H5F/c1-2-3-4-5(6)7;1-2-3/h5H,2-4H2,1H3;2H2,1H3. The summed E-state index contributed by atoms with van der Waals surface area (Å²) in [4.78, 5) is -0.153. The van der Waals surface area contributed by atoms with E-state index < -0.39 is 0 Å². The Labute approximate surface area is 72.7 Å². The van der Waals surface area contributed by atoms with Gasteiger partial charge in [-0.2, -0.15) is 0 Å². The van der Waals surface area contributed by atoms with Crippen LogP contribution in [0.2, 0.25) is 0 Å². The summed E-state index contributed by atoms with van der Waals surface area (Å²) in [6.07, 6.45) is 3.24. The van der Waals surface area contributed by atoms with Gasteiger partial charge < -0.3 is 0 Å². The highest BCUT2D eigenvalue weighted by molar-refractivity contribution is 6.44. The minimum atomic E-state index is -0.250. The quantitative estimate of drug-likeness (QED) is 0.589. The molecule has 0 saturated carbocycles. The second-order valence-corrected chi connectivity index (χ2v) is 3.08. The van der Waals surface area contributed by atoms with Crippen molar-refractivity contribution in [2.75, 3.05) is 6.67 Å². The van der Waals surface area contributed by atoms with E-state index in [0.29, 0.717) is 0 Å². The summed E-state index contributed by atoms with van der Waals surface area (Å²) in [5.74, 6) is 0. The molecular formula is C7H15Cl2F. The lowest BCUT2D eigenvalue weighted by Crippen LogP contribution is -1.83. The van der Waals surface area contributed by atoms with E-state index in [1.165, 1.54) is 13.3 Å². The Balaban J connectivity index is 0. The molecule has 0 aliphatic rings. The van der Waals surface area contributed by atoms with Gasteiger partial charge in [-0.25, -0.2) is 0 Å². The van der Waals surface area contributed by atoms with Gasteiger partial charge in [0, 0.05) is 0 Å². The van der Waals surface area contributed by atoms with Crippen LogP contribution in [0.25, 0.3) is 0 Å². The van der Waals surface area contributed by atoms with Gasteiger partial charge in [-0.15, -0.1) is 23.2 Å². The topological polar surface area (TPSA) is 0 Å². The predicted octanol–water partition coefficient (Wildman–Crippen LogP) is 3.96. The average molecular weight is 189 g/mol. The van der Waals surface area contributed by atoms with Gasteiger partial charge in [0.25, 0.3) is 0 Å². The third kappa shape index (κ3) is 23.6. The summed E-state index contributed by atoms with van der Waals surface area (Å²) in [6.45, 7) is 3.33. The zero-order valence-electron chi connectivity index (χ0n) is 6.54. The van der Waals surface area contributed by atoms with Crippen LogP contribution in [0.4, 0.5) is 4.39 Å². The number of unbranched alkanes of at least 4 members (excludes halogenated alkanes) is 1. The first-order chi connectivity index (χ1) is 4.68. The number of hydrogen-bond donors (Lipinski definition) is 0. The van der Waals surface area contributed by atoms with E-state index in [4.69, 9.17) is 23.2 Å². The van der Waals surface area contributed by atoms with Crippen molar-refractivity contribution in [3.8, 4) is 0 Å². The van der Waals surface area contributed by atoms with Gasteiger partial charge in [0.05, 0.1) is 6.67 Å². The number of rotatable bonds is 3. The van der Waals surface area contributed by atoms with E-state index in [1.54, 1.807) is 0 Å². The van der Waals surface area contributed by atoms with Gasteiger partial charge in [0.2, 0.25) is 0 Å². The largest absolute Gasteiger partial charge is 0.251 e. The van der Waals surface area contributed by atoms with E-state index in [9.17, 15) is 4.39 Å². The third-order valence-corrected chi connectivity index (χ3v) is 1.21. The maximum atomic E-state index is 10.3. The van der Waals surface area contributed by atoms with Gasteiger partial charge in [-0.1, -0.05) is 19.8 Å². The van der Waals surface area contributed by atoms with E-state index in [1.807, 2.05) is 0 Å².